The molecule has 1 heterocycles. The van der Waals surface area contributed by atoms with E-state index < -0.39 is 0 Å². The molecule has 4 nitrogen and oxygen atoms in total. The molecule has 25 heavy (non-hydrogen) atoms. The summed E-state index contributed by atoms with van der Waals surface area (Å²) in [7, 11) is 1.78. The van der Waals surface area contributed by atoms with E-state index in [9.17, 15) is 4.39 Å². The molecule has 142 valence electrons. The van der Waals surface area contributed by atoms with E-state index in [4.69, 9.17) is 0 Å². The van der Waals surface area contributed by atoms with E-state index >= 15 is 0 Å². The Morgan fingerprint density at radius 1 is 1.24 bits per heavy atom. The highest BCUT2D eigenvalue weighted by Gasteiger charge is 2.14. The van der Waals surface area contributed by atoms with Crippen LogP contribution in [0, 0.1) is 11.7 Å². The minimum Gasteiger partial charge on any atom is -0.356 e. The molecule has 1 aromatic carbocycles. The number of nitrogens with one attached hydrogen (secondary N) is 2. The Hall–Kier alpha value is -0.890. The van der Waals surface area contributed by atoms with Crippen molar-refractivity contribution in [3.8, 4) is 0 Å². The molecule has 1 aliphatic rings. The van der Waals surface area contributed by atoms with Crippen LogP contribution in [0.15, 0.2) is 29.3 Å². The Kier molecular flexibility index (Phi) is 11.0. The maximum atomic E-state index is 13.1. The van der Waals surface area contributed by atoms with Gasteiger partial charge in [0.25, 0.3) is 0 Å². The first kappa shape index (κ1) is 22.2. The number of rotatable bonds is 7. The Labute approximate surface area is 168 Å². The lowest BCUT2D eigenvalue weighted by atomic mass is 9.99. The number of halogens is 2. The van der Waals surface area contributed by atoms with Crippen molar-refractivity contribution < 1.29 is 4.39 Å². The molecule has 0 atom stereocenters. The van der Waals surface area contributed by atoms with Gasteiger partial charge in [-0.15, -0.1) is 24.0 Å². The fourth-order valence-corrected chi connectivity index (χ4v) is 3.03. The first-order valence-electron chi connectivity index (χ1n) is 9.08. The SMILES string of the molecule is CN=C(NCCCN1CCC(C)CC1)NCCc1cccc(F)c1.I. The minimum absolute atomic E-state index is 0. The summed E-state index contributed by atoms with van der Waals surface area (Å²) in [6.45, 7) is 7.64. The second-order valence-corrected chi connectivity index (χ2v) is 6.68. The third-order valence-corrected chi connectivity index (χ3v) is 4.64. The molecule has 0 spiro atoms. The van der Waals surface area contributed by atoms with Gasteiger partial charge in [-0.25, -0.2) is 4.39 Å². The largest absolute Gasteiger partial charge is 0.356 e. The quantitative estimate of drug-likeness (QED) is 0.283. The summed E-state index contributed by atoms with van der Waals surface area (Å²) in [6.07, 6.45) is 4.57. The third kappa shape index (κ3) is 8.85. The highest BCUT2D eigenvalue weighted by molar-refractivity contribution is 14.0. The van der Waals surface area contributed by atoms with Crippen molar-refractivity contribution in [1.82, 2.24) is 15.5 Å². The molecule has 0 unspecified atom stereocenters. The van der Waals surface area contributed by atoms with Crippen LogP contribution in [0.4, 0.5) is 4.39 Å². The average Bonchev–Trinajstić information content (AvgIpc) is 2.58. The van der Waals surface area contributed by atoms with Gasteiger partial charge >= 0.3 is 0 Å². The summed E-state index contributed by atoms with van der Waals surface area (Å²) in [6, 6.07) is 6.75. The molecular formula is C19H32FIN4. The number of aliphatic imine (C=N–C) groups is 1. The molecule has 2 N–H and O–H groups in total. The summed E-state index contributed by atoms with van der Waals surface area (Å²) in [5, 5.41) is 6.64. The topological polar surface area (TPSA) is 39.7 Å². The summed E-state index contributed by atoms with van der Waals surface area (Å²) in [4.78, 5) is 6.80. The fourth-order valence-electron chi connectivity index (χ4n) is 3.03. The zero-order valence-corrected chi connectivity index (χ0v) is 17.8. The number of nitrogens with zero attached hydrogens (tertiary/aromatic N) is 2. The first-order valence-corrected chi connectivity index (χ1v) is 9.08. The van der Waals surface area contributed by atoms with Crippen LogP contribution in [0.3, 0.4) is 0 Å². The van der Waals surface area contributed by atoms with Crippen molar-refractivity contribution in [2.75, 3.05) is 39.8 Å². The molecule has 0 saturated carbocycles. The lowest BCUT2D eigenvalue weighted by Gasteiger charge is -2.30. The number of piperidine rings is 1. The van der Waals surface area contributed by atoms with E-state index in [1.54, 1.807) is 19.2 Å². The second-order valence-electron chi connectivity index (χ2n) is 6.68. The van der Waals surface area contributed by atoms with Crippen molar-refractivity contribution in [2.24, 2.45) is 10.9 Å². The molecule has 1 aromatic rings. The van der Waals surface area contributed by atoms with Crippen LogP contribution in [-0.4, -0.2) is 50.6 Å². The summed E-state index contributed by atoms with van der Waals surface area (Å²) < 4.78 is 13.1. The van der Waals surface area contributed by atoms with E-state index in [0.29, 0.717) is 0 Å². The van der Waals surface area contributed by atoms with Crippen molar-refractivity contribution >= 4 is 29.9 Å². The first-order chi connectivity index (χ1) is 11.7. The monoisotopic (exact) mass is 462 g/mol. The number of likely N-dealkylation sites (tertiary alicyclic amines) is 1. The van der Waals surface area contributed by atoms with Gasteiger partial charge in [-0.1, -0.05) is 19.1 Å². The van der Waals surface area contributed by atoms with Crippen molar-refractivity contribution in [1.29, 1.82) is 0 Å². The van der Waals surface area contributed by atoms with Crippen molar-refractivity contribution in [2.45, 2.75) is 32.6 Å². The summed E-state index contributed by atoms with van der Waals surface area (Å²) in [5.74, 6) is 1.53. The highest BCUT2D eigenvalue weighted by Crippen LogP contribution is 2.15. The molecular weight excluding hydrogens is 430 g/mol. The molecule has 0 radical (unpaired) electrons. The zero-order chi connectivity index (χ0) is 17.2. The van der Waals surface area contributed by atoms with Gasteiger partial charge in [0.05, 0.1) is 0 Å². The minimum atomic E-state index is -0.179. The van der Waals surface area contributed by atoms with Crippen LogP contribution < -0.4 is 10.6 Å². The lowest BCUT2D eigenvalue weighted by molar-refractivity contribution is 0.191. The molecule has 0 bridgehead atoms. The molecule has 0 aliphatic carbocycles. The predicted molar refractivity (Wildman–Crippen MR) is 114 cm³/mol. The van der Waals surface area contributed by atoms with Gasteiger partial charge in [0.15, 0.2) is 5.96 Å². The number of hydrogen-bond acceptors (Lipinski definition) is 2. The van der Waals surface area contributed by atoms with Crippen LogP contribution in [0.5, 0.6) is 0 Å². The molecule has 0 amide bonds. The van der Waals surface area contributed by atoms with E-state index in [0.717, 1.165) is 49.9 Å². The zero-order valence-electron chi connectivity index (χ0n) is 15.4. The van der Waals surface area contributed by atoms with E-state index in [1.165, 1.54) is 32.0 Å². The maximum absolute atomic E-state index is 13.1. The average molecular weight is 462 g/mol. The lowest BCUT2D eigenvalue weighted by Crippen LogP contribution is -2.40. The van der Waals surface area contributed by atoms with E-state index in [2.05, 4.69) is 27.4 Å². The Balaban J connectivity index is 0.00000312. The van der Waals surface area contributed by atoms with Gasteiger partial charge in [-0.05, 0) is 68.9 Å². The van der Waals surface area contributed by atoms with Gasteiger partial charge in [0, 0.05) is 20.1 Å². The van der Waals surface area contributed by atoms with Gasteiger partial charge in [0.1, 0.15) is 5.82 Å². The molecule has 1 aliphatic heterocycles. The van der Waals surface area contributed by atoms with Crippen LogP contribution in [0.2, 0.25) is 0 Å². The predicted octanol–water partition coefficient (Wildman–Crippen LogP) is 3.27. The third-order valence-electron chi connectivity index (χ3n) is 4.64. The van der Waals surface area contributed by atoms with Crippen LogP contribution in [0.1, 0.15) is 31.7 Å². The molecule has 6 heteroatoms. The molecule has 1 saturated heterocycles. The number of hydrogen-bond donors (Lipinski definition) is 2. The maximum Gasteiger partial charge on any atom is 0.190 e. The van der Waals surface area contributed by atoms with Gasteiger partial charge in [-0.3, -0.25) is 4.99 Å². The van der Waals surface area contributed by atoms with Crippen LogP contribution >= 0.6 is 24.0 Å². The normalized spacial score (nSPS) is 16.4. The number of guanidine groups is 1. The summed E-state index contributed by atoms with van der Waals surface area (Å²) in [5.41, 5.74) is 0.997. The standard InChI is InChI=1S/C19H31FN4.HI/c1-16-8-13-24(14-9-16)12-4-10-22-19(21-2)23-11-7-17-5-3-6-18(20)15-17;/h3,5-6,15-16H,4,7-14H2,1-2H3,(H2,21,22,23);1H. The molecule has 2 rings (SSSR count). The number of benzene rings is 1. The second kappa shape index (κ2) is 12.5. The Bertz CT molecular complexity index is 516. The Morgan fingerprint density at radius 3 is 2.64 bits per heavy atom. The van der Waals surface area contributed by atoms with E-state index in [-0.39, 0.29) is 29.8 Å². The van der Waals surface area contributed by atoms with Gasteiger partial charge in [0.2, 0.25) is 0 Å². The van der Waals surface area contributed by atoms with Crippen LogP contribution in [0.25, 0.3) is 0 Å². The Morgan fingerprint density at radius 2 is 1.96 bits per heavy atom. The van der Waals surface area contributed by atoms with Crippen molar-refractivity contribution in [3.05, 3.63) is 35.6 Å². The van der Waals surface area contributed by atoms with E-state index in [1.807, 2.05) is 6.07 Å². The molecule has 1 fully saturated rings. The van der Waals surface area contributed by atoms with Gasteiger partial charge < -0.3 is 15.5 Å². The van der Waals surface area contributed by atoms with Gasteiger partial charge in [-0.2, -0.15) is 0 Å². The summed E-state index contributed by atoms with van der Waals surface area (Å²) >= 11 is 0. The molecule has 0 aromatic heterocycles. The van der Waals surface area contributed by atoms with Crippen LogP contribution in [-0.2, 0) is 6.42 Å². The smallest absolute Gasteiger partial charge is 0.190 e. The fraction of sp³-hybridized carbons (Fsp3) is 0.632. The highest BCUT2D eigenvalue weighted by atomic mass is 127. The van der Waals surface area contributed by atoms with Crippen molar-refractivity contribution in [3.63, 3.8) is 0 Å².